The number of urea groups is 1. The van der Waals surface area contributed by atoms with Crippen LogP contribution in [0.1, 0.15) is 29.7 Å². The predicted molar refractivity (Wildman–Crippen MR) is 96.0 cm³/mol. The fourth-order valence-electron chi connectivity index (χ4n) is 2.63. The van der Waals surface area contributed by atoms with E-state index in [0.717, 1.165) is 22.4 Å². The van der Waals surface area contributed by atoms with Crippen molar-refractivity contribution < 1.29 is 14.3 Å². The van der Waals surface area contributed by atoms with Gasteiger partial charge in [0.1, 0.15) is 0 Å². The Hall–Kier alpha value is -2.69. The highest BCUT2D eigenvalue weighted by atomic mass is 16.5. The van der Waals surface area contributed by atoms with Gasteiger partial charge >= 0.3 is 6.03 Å². The highest BCUT2D eigenvalue weighted by molar-refractivity contribution is 5.89. The van der Waals surface area contributed by atoms with Crippen LogP contribution < -0.4 is 20.1 Å². The average molecular weight is 328 g/mol. The van der Waals surface area contributed by atoms with E-state index >= 15 is 0 Å². The van der Waals surface area contributed by atoms with Crippen molar-refractivity contribution in [1.29, 1.82) is 0 Å². The van der Waals surface area contributed by atoms with E-state index in [1.165, 1.54) is 0 Å². The maximum absolute atomic E-state index is 12.2. The van der Waals surface area contributed by atoms with Crippen LogP contribution in [-0.4, -0.2) is 20.3 Å². The topological polar surface area (TPSA) is 59.6 Å². The molecule has 2 aromatic carbocycles. The van der Waals surface area contributed by atoms with Gasteiger partial charge in [-0.3, -0.25) is 0 Å². The Balaban J connectivity index is 2.11. The second kappa shape index (κ2) is 7.73. The van der Waals surface area contributed by atoms with Gasteiger partial charge in [0.05, 0.1) is 20.3 Å². The van der Waals surface area contributed by atoms with Crippen molar-refractivity contribution in [2.24, 2.45) is 0 Å². The van der Waals surface area contributed by atoms with E-state index in [4.69, 9.17) is 9.47 Å². The number of hydrogen-bond acceptors (Lipinski definition) is 3. The summed E-state index contributed by atoms with van der Waals surface area (Å²) in [7, 11) is 3.20. The van der Waals surface area contributed by atoms with E-state index in [0.29, 0.717) is 11.5 Å². The highest BCUT2D eigenvalue weighted by Crippen LogP contribution is 2.32. The molecule has 0 heterocycles. The van der Waals surface area contributed by atoms with Crippen LogP contribution >= 0.6 is 0 Å². The van der Waals surface area contributed by atoms with Crippen LogP contribution in [0.2, 0.25) is 0 Å². The number of methoxy groups -OCH3 is 2. The maximum Gasteiger partial charge on any atom is 0.319 e. The third-order valence-electron chi connectivity index (χ3n) is 3.86. The Morgan fingerprint density at radius 2 is 1.71 bits per heavy atom. The standard InChI is InChI=1S/C19H24N2O3/c1-12-7-6-8-15(9-12)21-19(22)20-14(3)16-11-18(24-5)17(23-4)10-13(16)2/h6-11,14H,1-5H3,(H2,20,21,22). The Bertz CT molecular complexity index is 729. The van der Waals surface area contributed by atoms with E-state index in [1.54, 1.807) is 14.2 Å². The minimum atomic E-state index is -0.248. The smallest absolute Gasteiger partial charge is 0.319 e. The molecule has 0 saturated carbocycles. The summed E-state index contributed by atoms with van der Waals surface area (Å²) in [6.07, 6.45) is 0. The molecule has 128 valence electrons. The maximum atomic E-state index is 12.2. The fourth-order valence-corrected chi connectivity index (χ4v) is 2.63. The van der Waals surface area contributed by atoms with Crippen LogP contribution in [-0.2, 0) is 0 Å². The first-order valence-electron chi connectivity index (χ1n) is 7.81. The van der Waals surface area contributed by atoms with Gasteiger partial charge in [-0.1, -0.05) is 12.1 Å². The Labute approximate surface area is 143 Å². The van der Waals surface area contributed by atoms with Crippen molar-refractivity contribution in [3.8, 4) is 11.5 Å². The number of carbonyl (C=O) groups excluding carboxylic acids is 1. The summed E-state index contributed by atoms with van der Waals surface area (Å²) in [5, 5.41) is 5.80. The van der Waals surface area contributed by atoms with Gasteiger partial charge in [-0.15, -0.1) is 0 Å². The minimum Gasteiger partial charge on any atom is -0.493 e. The number of rotatable bonds is 5. The molecule has 2 N–H and O–H groups in total. The molecular formula is C19H24N2O3. The summed E-state index contributed by atoms with van der Waals surface area (Å²) < 4.78 is 10.6. The molecule has 24 heavy (non-hydrogen) atoms. The average Bonchev–Trinajstić information content (AvgIpc) is 2.54. The van der Waals surface area contributed by atoms with E-state index in [1.807, 2.05) is 57.2 Å². The number of anilines is 1. The van der Waals surface area contributed by atoms with Crippen LogP contribution in [0.15, 0.2) is 36.4 Å². The summed E-state index contributed by atoms with van der Waals surface area (Å²) in [6, 6.07) is 11.1. The van der Waals surface area contributed by atoms with Crippen molar-refractivity contribution >= 4 is 11.7 Å². The fraction of sp³-hybridized carbons (Fsp3) is 0.316. The molecular weight excluding hydrogens is 304 g/mol. The third kappa shape index (κ3) is 4.19. The van der Waals surface area contributed by atoms with Gasteiger partial charge in [-0.2, -0.15) is 0 Å². The Morgan fingerprint density at radius 1 is 1.04 bits per heavy atom. The second-order valence-corrected chi connectivity index (χ2v) is 5.75. The number of nitrogens with one attached hydrogen (secondary N) is 2. The lowest BCUT2D eigenvalue weighted by Crippen LogP contribution is -2.31. The normalized spacial score (nSPS) is 11.5. The molecule has 0 aliphatic rings. The molecule has 5 heteroatoms. The van der Waals surface area contributed by atoms with Crippen molar-refractivity contribution in [1.82, 2.24) is 5.32 Å². The Morgan fingerprint density at radius 3 is 2.33 bits per heavy atom. The lowest BCUT2D eigenvalue weighted by atomic mass is 10.0. The largest absolute Gasteiger partial charge is 0.493 e. The number of hydrogen-bond donors (Lipinski definition) is 2. The molecule has 0 bridgehead atoms. The van der Waals surface area contributed by atoms with Gasteiger partial charge in [0, 0.05) is 5.69 Å². The highest BCUT2D eigenvalue weighted by Gasteiger charge is 2.15. The minimum absolute atomic E-state index is 0.172. The van der Waals surface area contributed by atoms with Crippen LogP contribution in [0.5, 0.6) is 11.5 Å². The molecule has 0 saturated heterocycles. The molecule has 0 spiro atoms. The van der Waals surface area contributed by atoms with Gasteiger partial charge < -0.3 is 20.1 Å². The van der Waals surface area contributed by atoms with Crippen molar-refractivity contribution in [2.75, 3.05) is 19.5 Å². The zero-order valence-electron chi connectivity index (χ0n) is 14.8. The molecule has 2 aromatic rings. The monoisotopic (exact) mass is 328 g/mol. The number of amides is 2. The molecule has 1 atom stereocenters. The summed E-state index contributed by atoms with van der Waals surface area (Å²) in [5.41, 5.74) is 3.86. The molecule has 0 aliphatic heterocycles. The summed E-state index contributed by atoms with van der Waals surface area (Å²) in [6.45, 7) is 5.90. The number of benzene rings is 2. The summed E-state index contributed by atoms with van der Waals surface area (Å²) in [5.74, 6) is 1.32. The first-order chi connectivity index (χ1) is 11.4. The molecule has 1 unspecified atom stereocenters. The number of aryl methyl sites for hydroxylation is 2. The van der Waals surface area contributed by atoms with Crippen molar-refractivity contribution in [3.05, 3.63) is 53.1 Å². The lowest BCUT2D eigenvalue weighted by molar-refractivity contribution is 0.249. The van der Waals surface area contributed by atoms with Gasteiger partial charge in [0.15, 0.2) is 11.5 Å². The van der Waals surface area contributed by atoms with Crippen LogP contribution in [0.4, 0.5) is 10.5 Å². The van der Waals surface area contributed by atoms with Crippen LogP contribution in [0.3, 0.4) is 0 Å². The Kier molecular flexibility index (Phi) is 5.68. The zero-order valence-corrected chi connectivity index (χ0v) is 14.8. The van der Waals surface area contributed by atoms with Gasteiger partial charge in [0.25, 0.3) is 0 Å². The first kappa shape index (κ1) is 17.7. The quantitative estimate of drug-likeness (QED) is 0.864. The summed E-state index contributed by atoms with van der Waals surface area (Å²) in [4.78, 5) is 12.2. The third-order valence-corrected chi connectivity index (χ3v) is 3.86. The van der Waals surface area contributed by atoms with E-state index in [9.17, 15) is 4.79 Å². The van der Waals surface area contributed by atoms with Crippen molar-refractivity contribution in [3.63, 3.8) is 0 Å². The predicted octanol–water partition coefficient (Wildman–Crippen LogP) is 4.20. The van der Waals surface area contributed by atoms with E-state index < -0.39 is 0 Å². The van der Waals surface area contributed by atoms with E-state index in [-0.39, 0.29) is 12.1 Å². The molecule has 2 rings (SSSR count). The molecule has 2 amide bonds. The van der Waals surface area contributed by atoms with E-state index in [2.05, 4.69) is 10.6 Å². The van der Waals surface area contributed by atoms with Crippen molar-refractivity contribution in [2.45, 2.75) is 26.8 Å². The zero-order chi connectivity index (χ0) is 17.7. The molecule has 0 fully saturated rings. The number of ether oxygens (including phenoxy) is 2. The molecule has 0 aromatic heterocycles. The number of carbonyl (C=O) groups is 1. The van der Waals surface area contributed by atoms with Crippen LogP contribution in [0.25, 0.3) is 0 Å². The van der Waals surface area contributed by atoms with Crippen LogP contribution in [0, 0.1) is 13.8 Å². The van der Waals surface area contributed by atoms with Gasteiger partial charge in [-0.05, 0) is 61.7 Å². The van der Waals surface area contributed by atoms with Gasteiger partial charge in [0.2, 0.25) is 0 Å². The molecule has 5 nitrogen and oxygen atoms in total. The molecule has 0 aliphatic carbocycles. The molecule has 0 radical (unpaired) electrons. The summed E-state index contributed by atoms with van der Waals surface area (Å²) >= 11 is 0. The SMILES string of the molecule is COc1cc(C)c(C(C)NC(=O)Nc2cccc(C)c2)cc1OC. The lowest BCUT2D eigenvalue weighted by Gasteiger charge is -2.19. The van der Waals surface area contributed by atoms with Gasteiger partial charge in [-0.25, -0.2) is 4.79 Å². The second-order valence-electron chi connectivity index (χ2n) is 5.75. The first-order valence-corrected chi connectivity index (χ1v) is 7.81.